The minimum atomic E-state index is -0.0732. The highest BCUT2D eigenvalue weighted by Gasteiger charge is 2.31. The van der Waals surface area contributed by atoms with Gasteiger partial charge in [0.25, 0.3) is 5.91 Å². The van der Waals surface area contributed by atoms with Crippen LogP contribution in [0.5, 0.6) is 11.5 Å². The maximum Gasteiger partial charge on any atom is 0.266 e. The van der Waals surface area contributed by atoms with Crippen molar-refractivity contribution >= 4 is 51.9 Å². The van der Waals surface area contributed by atoms with Crippen LogP contribution in [0, 0.1) is 0 Å². The number of ether oxygens (including phenoxy) is 1. The maximum absolute atomic E-state index is 12.7. The molecule has 0 aromatic heterocycles. The topological polar surface area (TPSA) is 78.9 Å². The summed E-state index contributed by atoms with van der Waals surface area (Å²) in [5.41, 5.74) is 1.57. The highest BCUT2D eigenvalue weighted by atomic mass is 32.2. The lowest BCUT2D eigenvalue weighted by Crippen LogP contribution is -2.29. The lowest BCUT2D eigenvalue weighted by molar-refractivity contribution is -0.122. The van der Waals surface area contributed by atoms with Gasteiger partial charge >= 0.3 is 0 Å². The Morgan fingerprint density at radius 3 is 2.52 bits per heavy atom. The predicted octanol–water partition coefficient (Wildman–Crippen LogP) is 4.80. The van der Waals surface area contributed by atoms with Gasteiger partial charge in [0.2, 0.25) is 5.91 Å². The number of phenols is 1. The van der Waals surface area contributed by atoms with Crippen molar-refractivity contribution in [3.63, 3.8) is 0 Å². The number of amides is 2. The molecule has 0 aliphatic carbocycles. The molecule has 2 N–H and O–H groups in total. The van der Waals surface area contributed by atoms with Gasteiger partial charge in [-0.2, -0.15) is 0 Å². The average molecular weight is 457 g/mol. The molecule has 162 valence electrons. The highest BCUT2D eigenvalue weighted by Crippen LogP contribution is 2.33. The van der Waals surface area contributed by atoms with Gasteiger partial charge in [-0.05, 0) is 60.9 Å². The number of methoxy groups -OCH3 is 1. The van der Waals surface area contributed by atoms with Crippen molar-refractivity contribution in [1.29, 1.82) is 0 Å². The van der Waals surface area contributed by atoms with Crippen LogP contribution < -0.4 is 10.1 Å². The predicted molar refractivity (Wildman–Crippen MR) is 128 cm³/mol. The van der Waals surface area contributed by atoms with Gasteiger partial charge in [-0.3, -0.25) is 14.5 Å². The van der Waals surface area contributed by atoms with Crippen molar-refractivity contribution in [3.8, 4) is 11.5 Å². The second-order valence-electron chi connectivity index (χ2n) is 7.01. The Balaban J connectivity index is 1.41. The van der Waals surface area contributed by atoms with E-state index in [2.05, 4.69) is 5.32 Å². The molecule has 8 heteroatoms. The first kappa shape index (κ1) is 22.8. The zero-order valence-electron chi connectivity index (χ0n) is 17.2. The summed E-state index contributed by atoms with van der Waals surface area (Å²) in [4.78, 5) is 26.9. The molecule has 1 fully saturated rings. The highest BCUT2D eigenvalue weighted by molar-refractivity contribution is 8.26. The number of thioether (sulfide) groups is 1. The molecule has 1 aliphatic heterocycles. The molecule has 0 radical (unpaired) electrons. The van der Waals surface area contributed by atoms with E-state index in [-0.39, 0.29) is 17.6 Å². The summed E-state index contributed by atoms with van der Waals surface area (Å²) in [7, 11) is 1.61. The van der Waals surface area contributed by atoms with Crippen LogP contribution in [0.1, 0.15) is 31.2 Å². The molecule has 0 saturated carbocycles. The van der Waals surface area contributed by atoms with Crippen LogP contribution >= 0.6 is 24.0 Å². The first-order chi connectivity index (χ1) is 15.0. The Labute approximate surface area is 191 Å². The molecular weight excluding hydrogens is 432 g/mol. The number of anilines is 1. The summed E-state index contributed by atoms with van der Waals surface area (Å²) in [5.74, 6) is 0.781. The third-order valence-electron chi connectivity index (χ3n) is 4.72. The standard InChI is InChI=1S/C23H24N2O4S2/c1-29-19-12-6-16(7-13-19)15-20-22(28)25(23(30)31-20)14-4-2-3-5-21(27)24-17-8-10-18(26)11-9-17/h6-13,15,26H,2-5,14H2,1H3,(H,24,27)/b20-15+. The number of thiocarbonyl (C=S) groups is 1. The molecule has 6 nitrogen and oxygen atoms in total. The number of hydrogen-bond donors (Lipinski definition) is 2. The largest absolute Gasteiger partial charge is 0.508 e. The quantitative estimate of drug-likeness (QED) is 0.244. The van der Waals surface area contributed by atoms with E-state index in [1.54, 1.807) is 24.1 Å². The molecule has 31 heavy (non-hydrogen) atoms. The van der Waals surface area contributed by atoms with Gasteiger partial charge in [0.15, 0.2) is 0 Å². The fraction of sp³-hybridized carbons (Fsp3) is 0.261. The van der Waals surface area contributed by atoms with E-state index in [0.29, 0.717) is 27.9 Å². The molecule has 0 unspecified atom stereocenters. The van der Waals surface area contributed by atoms with Gasteiger partial charge in [0.05, 0.1) is 12.0 Å². The molecule has 2 aromatic carbocycles. The van der Waals surface area contributed by atoms with Crippen LogP contribution in [0.15, 0.2) is 53.4 Å². The van der Waals surface area contributed by atoms with Gasteiger partial charge in [-0.1, -0.05) is 42.5 Å². The number of aromatic hydroxyl groups is 1. The zero-order valence-corrected chi connectivity index (χ0v) is 18.8. The second kappa shape index (κ2) is 11.0. The summed E-state index contributed by atoms with van der Waals surface area (Å²) >= 11 is 6.69. The van der Waals surface area contributed by atoms with Gasteiger partial charge in [-0.25, -0.2) is 0 Å². The van der Waals surface area contributed by atoms with Crippen molar-refractivity contribution in [2.45, 2.75) is 25.7 Å². The summed E-state index contributed by atoms with van der Waals surface area (Å²) in [5, 5.41) is 12.1. The Kier molecular flexibility index (Phi) is 8.08. The molecule has 2 amide bonds. The maximum atomic E-state index is 12.7. The fourth-order valence-electron chi connectivity index (χ4n) is 3.04. The van der Waals surface area contributed by atoms with Crippen molar-refractivity contribution in [1.82, 2.24) is 4.90 Å². The molecule has 2 aromatic rings. The molecule has 0 atom stereocenters. The second-order valence-corrected chi connectivity index (χ2v) is 8.69. The van der Waals surface area contributed by atoms with Gasteiger partial charge in [-0.15, -0.1) is 0 Å². The smallest absolute Gasteiger partial charge is 0.266 e. The summed E-state index contributed by atoms with van der Waals surface area (Å²) in [6, 6.07) is 13.9. The molecule has 1 saturated heterocycles. The number of carbonyl (C=O) groups is 2. The van der Waals surface area contributed by atoms with Crippen LogP contribution in [-0.2, 0) is 9.59 Å². The van der Waals surface area contributed by atoms with Crippen molar-refractivity contribution in [2.75, 3.05) is 19.0 Å². The van der Waals surface area contributed by atoms with Gasteiger partial charge in [0, 0.05) is 18.7 Å². The van der Waals surface area contributed by atoms with E-state index in [0.717, 1.165) is 30.6 Å². The van der Waals surface area contributed by atoms with Crippen molar-refractivity contribution < 1.29 is 19.4 Å². The van der Waals surface area contributed by atoms with Crippen LogP contribution in [0.2, 0.25) is 0 Å². The SMILES string of the molecule is COc1ccc(/C=C2/SC(=S)N(CCCCCC(=O)Nc3ccc(O)cc3)C2=O)cc1. The Bertz CT molecular complexity index is 972. The molecule has 1 aliphatic rings. The number of nitrogens with zero attached hydrogens (tertiary/aromatic N) is 1. The summed E-state index contributed by atoms with van der Waals surface area (Å²) in [6.45, 7) is 0.546. The number of unbranched alkanes of at least 4 members (excludes halogenated alkanes) is 2. The lowest BCUT2D eigenvalue weighted by Gasteiger charge is -2.14. The molecule has 1 heterocycles. The van der Waals surface area contributed by atoms with Crippen LogP contribution in [0.3, 0.4) is 0 Å². The minimum absolute atomic E-state index is 0.0706. The first-order valence-corrected chi connectivity index (χ1v) is 11.2. The van der Waals surface area contributed by atoms with Crippen LogP contribution in [-0.4, -0.2) is 39.8 Å². The zero-order chi connectivity index (χ0) is 22.2. The molecule has 0 bridgehead atoms. The van der Waals surface area contributed by atoms with Crippen LogP contribution in [0.25, 0.3) is 6.08 Å². The normalized spacial score (nSPS) is 14.9. The number of rotatable bonds is 9. The number of nitrogens with one attached hydrogen (secondary N) is 1. The third-order valence-corrected chi connectivity index (χ3v) is 6.10. The number of hydrogen-bond acceptors (Lipinski definition) is 6. The van der Waals surface area contributed by atoms with Crippen molar-refractivity contribution in [2.24, 2.45) is 0 Å². The van der Waals surface area contributed by atoms with Gasteiger partial charge < -0.3 is 15.2 Å². The van der Waals surface area contributed by atoms with Crippen LogP contribution in [0.4, 0.5) is 5.69 Å². The minimum Gasteiger partial charge on any atom is -0.508 e. The van der Waals surface area contributed by atoms with E-state index in [1.807, 2.05) is 30.3 Å². The van der Waals surface area contributed by atoms with E-state index in [1.165, 1.54) is 23.9 Å². The Morgan fingerprint density at radius 2 is 1.84 bits per heavy atom. The van der Waals surface area contributed by atoms with E-state index in [9.17, 15) is 14.7 Å². The Morgan fingerprint density at radius 1 is 1.13 bits per heavy atom. The van der Waals surface area contributed by atoms with E-state index in [4.69, 9.17) is 17.0 Å². The van der Waals surface area contributed by atoms with E-state index < -0.39 is 0 Å². The molecule has 0 spiro atoms. The number of phenolic OH excluding ortho intramolecular Hbond substituents is 1. The number of benzene rings is 2. The lowest BCUT2D eigenvalue weighted by atomic mass is 10.1. The monoisotopic (exact) mass is 456 g/mol. The third kappa shape index (κ3) is 6.57. The van der Waals surface area contributed by atoms with Crippen molar-refractivity contribution in [3.05, 3.63) is 59.0 Å². The fourth-order valence-corrected chi connectivity index (χ4v) is 4.35. The molecule has 3 rings (SSSR count). The summed E-state index contributed by atoms with van der Waals surface area (Å²) in [6.07, 6.45) is 4.55. The first-order valence-electron chi connectivity index (χ1n) is 9.94. The molecular formula is C23H24N2O4S2. The summed E-state index contributed by atoms with van der Waals surface area (Å²) < 4.78 is 5.72. The average Bonchev–Trinajstić information content (AvgIpc) is 3.03. The van der Waals surface area contributed by atoms with Gasteiger partial charge in [0.1, 0.15) is 15.8 Å². The Hall–Kier alpha value is -2.84. The van der Waals surface area contributed by atoms with E-state index >= 15 is 0 Å². The number of carbonyl (C=O) groups excluding carboxylic acids is 2.